The van der Waals surface area contributed by atoms with E-state index in [0.717, 1.165) is 15.6 Å². The monoisotopic (exact) mass is 298 g/mol. The van der Waals surface area contributed by atoms with Gasteiger partial charge in [-0.05, 0) is 52.7 Å². The Bertz CT molecular complexity index is 546. The molecule has 0 amide bonds. The van der Waals surface area contributed by atoms with Gasteiger partial charge in [0, 0.05) is 10.0 Å². The molecule has 0 unspecified atom stereocenters. The van der Waals surface area contributed by atoms with Gasteiger partial charge >= 0.3 is 0 Å². The molecule has 2 rings (SSSR count). The Morgan fingerprint density at radius 2 is 2.12 bits per heavy atom. The molecule has 0 aliphatic heterocycles. The van der Waals surface area contributed by atoms with E-state index in [0.29, 0.717) is 22.8 Å². The van der Waals surface area contributed by atoms with Crippen molar-refractivity contribution in [3.63, 3.8) is 0 Å². The highest BCUT2D eigenvalue weighted by Gasteiger charge is 2.09. The number of carbonyl (C=O) groups excluding carboxylic acids is 1. The van der Waals surface area contributed by atoms with Crippen molar-refractivity contribution in [1.29, 1.82) is 0 Å². The van der Waals surface area contributed by atoms with Crippen LogP contribution in [0.25, 0.3) is 11.3 Å². The molecule has 0 bridgehead atoms. The lowest BCUT2D eigenvalue weighted by molar-refractivity contribution is 0.110. The van der Waals surface area contributed by atoms with Crippen LogP contribution in [0.15, 0.2) is 33.2 Å². The van der Waals surface area contributed by atoms with Crippen LogP contribution in [0.2, 0.25) is 5.02 Å². The minimum absolute atomic E-state index is 0.313. The number of hydrogen-bond donors (Lipinski definition) is 0. The molecule has 0 aliphatic carbocycles. The third-order valence-corrected chi connectivity index (χ3v) is 3.47. The van der Waals surface area contributed by atoms with E-state index in [9.17, 15) is 4.79 Å². The first-order valence-electron chi connectivity index (χ1n) is 4.63. The fraction of sp³-hybridized carbons (Fsp3) is 0.0833. The van der Waals surface area contributed by atoms with Crippen LogP contribution in [0.4, 0.5) is 0 Å². The minimum atomic E-state index is 0.313. The lowest BCUT2D eigenvalue weighted by Gasteiger charge is -2.05. The first kappa shape index (κ1) is 11.4. The van der Waals surface area contributed by atoms with Crippen LogP contribution in [0.5, 0.6) is 0 Å². The predicted octanol–water partition coefficient (Wildman–Crippen LogP) is 4.48. The summed E-state index contributed by atoms with van der Waals surface area (Å²) in [6.07, 6.45) is 0.680. The molecule has 0 aliphatic rings. The SMILES string of the molecule is Cc1cc(Br)c(Cl)cc1-c1ccc(C=O)o1. The molecule has 0 atom stereocenters. The van der Waals surface area contributed by atoms with Crippen molar-refractivity contribution >= 4 is 33.8 Å². The maximum Gasteiger partial charge on any atom is 0.185 e. The third-order valence-electron chi connectivity index (χ3n) is 2.28. The van der Waals surface area contributed by atoms with E-state index in [4.69, 9.17) is 16.0 Å². The summed E-state index contributed by atoms with van der Waals surface area (Å²) in [4.78, 5) is 10.5. The highest BCUT2D eigenvalue weighted by atomic mass is 79.9. The first-order valence-corrected chi connectivity index (χ1v) is 5.80. The Balaban J connectivity index is 2.55. The molecule has 0 spiro atoms. The molecule has 0 saturated carbocycles. The zero-order chi connectivity index (χ0) is 11.7. The summed E-state index contributed by atoms with van der Waals surface area (Å²) >= 11 is 9.37. The van der Waals surface area contributed by atoms with E-state index >= 15 is 0 Å². The molecule has 0 saturated heterocycles. The highest BCUT2D eigenvalue weighted by Crippen LogP contribution is 2.32. The number of hydrogen-bond acceptors (Lipinski definition) is 2. The topological polar surface area (TPSA) is 30.2 Å². The summed E-state index contributed by atoms with van der Waals surface area (Å²) in [5.41, 5.74) is 1.92. The Morgan fingerprint density at radius 1 is 1.38 bits per heavy atom. The Morgan fingerprint density at radius 3 is 2.75 bits per heavy atom. The van der Waals surface area contributed by atoms with Crippen molar-refractivity contribution in [3.05, 3.63) is 45.1 Å². The van der Waals surface area contributed by atoms with Gasteiger partial charge in [-0.25, -0.2) is 0 Å². The van der Waals surface area contributed by atoms with Crippen LogP contribution in [0.1, 0.15) is 16.1 Å². The zero-order valence-electron chi connectivity index (χ0n) is 8.46. The molecule has 0 N–H and O–H groups in total. The van der Waals surface area contributed by atoms with E-state index in [1.807, 2.05) is 19.1 Å². The number of rotatable bonds is 2. The van der Waals surface area contributed by atoms with Gasteiger partial charge in [-0.2, -0.15) is 0 Å². The van der Waals surface area contributed by atoms with Gasteiger partial charge < -0.3 is 4.42 Å². The zero-order valence-corrected chi connectivity index (χ0v) is 10.8. The average molecular weight is 300 g/mol. The van der Waals surface area contributed by atoms with Gasteiger partial charge in [-0.1, -0.05) is 11.6 Å². The number of aldehydes is 1. The van der Waals surface area contributed by atoms with Gasteiger partial charge in [0.2, 0.25) is 0 Å². The van der Waals surface area contributed by atoms with Crippen LogP contribution >= 0.6 is 27.5 Å². The number of aryl methyl sites for hydroxylation is 1. The van der Waals surface area contributed by atoms with Crippen LogP contribution < -0.4 is 0 Å². The summed E-state index contributed by atoms with van der Waals surface area (Å²) < 4.78 is 6.20. The van der Waals surface area contributed by atoms with Crippen LogP contribution in [-0.4, -0.2) is 6.29 Å². The van der Waals surface area contributed by atoms with Gasteiger partial charge in [0.1, 0.15) is 5.76 Å². The molecule has 4 heteroatoms. The van der Waals surface area contributed by atoms with E-state index in [1.54, 1.807) is 12.1 Å². The second kappa shape index (κ2) is 4.44. The van der Waals surface area contributed by atoms with Gasteiger partial charge in [-0.3, -0.25) is 4.79 Å². The Labute approximate surface area is 106 Å². The van der Waals surface area contributed by atoms with Crippen molar-refractivity contribution in [2.45, 2.75) is 6.92 Å². The fourth-order valence-electron chi connectivity index (χ4n) is 1.47. The summed E-state index contributed by atoms with van der Waals surface area (Å²) in [6, 6.07) is 7.13. The number of halogens is 2. The van der Waals surface area contributed by atoms with Crippen molar-refractivity contribution in [1.82, 2.24) is 0 Å². The molecule has 0 fully saturated rings. The van der Waals surface area contributed by atoms with Crippen LogP contribution in [0, 0.1) is 6.92 Å². The quantitative estimate of drug-likeness (QED) is 0.765. The first-order chi connectivity index (χ1) is 7.61. The van der Waals surface area contributed by atoms with E-state index in [-0.39, 0.29) is 0 Å². The lowest BCUT2D eigenvalue weighted by atomic mass is 10.1. The second-order valence-corrected chi connectivity index (χ2v) is 4.66. The lowest BCUT2D eigenvalue weighted by Crippen LogP contribution is -1.82. The number of furan rings is 1. The van der Waals surface area contributed by atoms with Gasteiger partial charge in [0.25, 0.3) is 0 Å². The van der Waals surface area contributed by atoms with Crippen LogP contribution in [0.3, 0.4) is 0 Å². The number of carbonyl (C=O) groups is 1. The van der Waals surface area contributed by atoms with Crippen molar-refractivity contribution in [2.75, 3.05) is 0 Å². The van der Waals surface area contributed by atoms with E-state index in [1.165, 1.54) is 0 Å². The molecule has 1 aromatic heterocycles. The molecule has 82 valence electrons. The van der Waals surface area contributed by atoms with Crippen molar-refractivity contribution in [2.24, 2.45) is 0 Å². The Kier molecular flexibility index (Phi) is 3.17. The molecule has 2 nitrogen and oxygen atoms in total. The number of benzene rings is 1. The molecule has 0 radical (unpaired) electrons. The van der Waals surface area contributed by atoms with Crippen LogP contribution in [-0.2, 0) is 0 Å². The summed E-state index contributed by atoms with van der Waals surface area (Å²) in [6.45, 7) is 1.96. The van der Waals surface area contributed by atoms with E-state index in [2.05, 4.69) is 15.9 Å². The Hall–Kier alpha value is -1.06. The fourth-order valence-corrected chi connectivity index (χ4v) is 2.09. The second-order valence-electron chi connectivity index (χ2n) is 3.40. The van der Waals surface area contributed by atoms with Crippen molar-refractivity contribution in [3.8, 4) is 11.3 Å². The molecule has 1 aromatic carbocycles. The van der Waals surface area contributed by atoms with Crippen molar-refractivity contribution < 1.29 is 9.21 Å². The van der Waals surface area contributed by atoms with Gasteiger partial charge in [-0.15, -0.1) is 0 Å². The summed E-state index contributed by atoms with van der Waals surface area (Å²) in [5.74, 6) is 0.961. The molecular formula is C12H8BrClO2. The molecule has 2 aromatic rings. The molecule has 16 heavy (non-hydrogen) atoms. The third kappa shape index (κ3) is 2.06. The standard InChI is InChI=1S/C12H8BrClO2/c1-7-4-10(13)11(14)5-9(7)12-3-2-8(6-15)16-12/h2-6H,1H3. The molecular weight excluding hydrogens is 291 g/mol. The normalized spacial score (nSPS) is 10.4. The molecule has 1 heterocycles. The largest absolute Gasteiger partial charge is 0.453 e. The summed E-state index contributed by atoms with van der Waals surface area (Å²) in [7, 11) is 0. The maximum atomic E-state index is 10.5. The minimum Gasteiger partial charge on any atom is -0.453 e. The maximum absolute atomic E-state index is 10.5. The van der Waals surface area contributed by atoms with E-state index < -0.39 is 0 Å². The average Bonchev–Trinajstić information content (AvgIpc) is 2.71. The highest BCUT2D eigenvalue weighted by molar-refractivity contribution is 9.10. The van der Waals surface area contributed by atoms with Gasteiger partial charge in [0.15, 0.2) is 12.0 Å². The smallest absolute Gasteiger partial charge is 0.185 e. The summed E-state index contributed by atoms with van der Waals surface area (Å²) in [5, 5.41) is 0.615. The van der Waals surface area contributed by atoms with Gasteiger partial charge in [0.05, 0.1) is 5.02 Å². The predicted molar refractivity (Wildman–Crippen MR) is 67.0 cm³/mol.